The Labute approximate surface area is 199 Å². The van der Waals surface area contributed by atoms with Crippen LogP contribution in [0, 0.1) is 11.8 Å². The molecule has 3 saturated heterocycles. The predicted molar refractivity (Wildman–Crippen MR) is 130 cm³/mol. The lowest BCUT2D eigenvalue weighted by molar-refractivity contribution is -0.0659. The fourth-order valence-corrected chi connectivity index (χ4v) is 5.72. The van der Waals surface area contributed by atoms with Crippen LogP contribution in [0.4, 0.5) is 0 Å². The van der Waals surface area contributed by atoms with Crippen LogP contribution < -0.4 is 4.74 Å². The molecule has 0 radical (unpaired) electrons. The van der Waals surface area contributed by atoms with Gasteiger partial charge in [-0.3, -0.25) is 9.88 Å². The second-order valence-electron chi connectivity index (χ2n) is 9.13. The SMILES string of the molecule is CC[C@H]1CN2CC[C@@H]1C[C@@H]2[C@H](OC(=O)c1ccc(Cl)cc1)c1ccnc2ccc(OC)cc12. The number of ether oxygens (including phenoxy) is 2. The van der Waals surface area contributed by atoms with Crippen molar-refractivity contribution in [1.29, 1.82) is 0 Å². The van der Waals surface area contributed by atoms with Gasteiger partial charge in [0.15, 0.2) is 0 Å². The van der Waals surface area contributed by atoms with Gasteiger partial charge in [0.1, 0.15) is 11.9 Å². The Morgan fingerprint density at radius 1 is 1.21 bits per heavy atom. The van der Waals surface area contributed by atoms with E-state index in [4.69, 9.17) is 21.1 Å². The average Bonchev–Trinajstić information content (AvgIpc) is 2.87. The van der Waals surface area contributed by atoms with Gasteiger partial charge in [-0.25, -0.2) is 4.79 Å². The topological polar surface area (TPSA) is 51.7 Å². The van der Waals surface area contributed by atoms with Crippen LogP contribution in [0.2, 0.25) is 5.02 Å². The minimum Gasteiger partial charge on any atom is -0.497 e. The second-order valence-corrected chi connectivity index (χ2v) is 9.57. The van der Waals surface area contributed by atoms with Crippen molar-refractivity contribution in [2.45, 2.75) is 38.3 Å². The van der Waals surface area contributed by atoms with Gasteiger partial charge in [0.25, 0.3) is 0 Å². The van der Waals surface area contributed by atoms with Gasteiger partial charge >= 0.3 is 5.97 Å². The Kier molecular flexibility index (Phi) is 6.26. The molecule has 1 unspecified atom stereocenters. The number of pyridine rings is 1. The zero-order valence-corrected chi connectivity index (χ0v) is 19.8. The summed E-state index contributed by atoms with van der Waals surface area (Å²) in [5.74, 6) is 1.82. The fourth-order valence-electron chi connectivity index (χ4n) is 5.60. The summed E-state index contributed by atoms with van der Waals surface area (Å²) in [5.41, 5.74) is 2.35. The van der Waals surface area contributed by atoms with Crippen LogP contribution in [0.15, 0.2) is 54.7 Å². The first-order valence-corrected chi connectivity index (χ1v) is 12.1. The maximum absolute atomic E-state index is 13.2. The number of carbonyl (C=O) groups excluding carboxylic acids is 1. The quantitative estimate of drug-likeness (QED) is 0.424. The molecule has 5 atom stereocenters. The van der Waals surface area contributed by atoms with E-state index in [1.807, 2.05) is 24.3 Å². The second kappa shape index (κ2) is 9.32. The lowest BCUT2D eigenvalue weighted by Gasteiger charge is -2.51. The molecule has 3 aliphatic heterocycles. The number of piperidine rings is 3. The van der Waals surface area contributed by atoms with Gasteiger partial charge in [0.2, 0.25) is 0 Å². The molecule has 172 valence electrons. The number of esters is 1. The van der Waals surface area contributed by atoms with Crippen LogP contribution in [0.3, 0.4) is 0 Å². The Bertz CT molecular complexity index is 1150. The monoisotopic (exact) mass is 464 g/mol. The number of rotatable bonds is 6. The molecule has 3 aromatic rings. The largest absolute Gasteiger partial charge is 0.497 e. The molecule has 5 nitrogen and oxygen atoms in total. The molecule has 0 N–H and O–H groups in total. The molecule has 0 saturated carbocycles. The first-order chi connectivity index (χ1) is 16.1. The first-order valence-electron chi connectivity index (χ1n) is 11.7. The highest BCUT2D eigenvalue weighted by molar-refractivity contribution is 6.30. The van der Waals surface area contributed by atoms with E-state index in [9.17, 15) is 4.79 Å². The van der Waals surface area contributed by atoms with Crippen molar-refractivity contribution in [3.63, 3.8) is 0 Å². The number of fused-ring (bicyclic) bond motifs is 4. The highest BCUT2D eigenvalue weighted by Gasteiger charge is 2.44. The minimum absolute atomic E-state index is 0.139. The van der Waals surface area contributed by atoms with Crippen LogP contribution in [-0.2, 0) is 4.74 Å². The highest BCUT2D eigenvalue weighted by atomic mass is 35.5. The zero-order valence-electron chi connectivity index (χ0n) is 19.0. The molecule has 2 bridgehead atoms. The van der Waals surface area contributed by atoms with Crippen molar-refractivity contribution in [3.8, 4) is 5.75 Å². The van der Waals surface area contributed by atoms with E-state index in [2.05, 4.69) is 16.8 Å². The standard InChI is InChI=1S/C27H29ClN2O3/c1-3-17-16-30-13-11-19(17)14-25(30)26(33-27(31)18-4-6-20(28)7-5-18)22-10-12-29-24-9-8-21(32-2)15-23(22)24/h4-10,12,15,17,19,25-26H,3,11,13-14,16H2,1-2H3/t17-,19+,25+,26+/m0/s1. The molecule has 3 aliphatic rings. The number of aromatic nitrogens is 1. The summed E-state index contributed by atoms with van der Waals surface area (Å²) in [6.07, 6.45) is 4.85. The predicted octanol–water partition coefficient (Wildman–Crippen LogP) is 5.92. The molecular weight excluding hydrogens is 436 g/mol. The van der Waals surface area contributed by atoms with E-state index >= 15 is 0 Å². The number of carbonyl (C=O) groups is 1. The molecule has 2 aromatic carbocycles. The Morgan fingerprint density at radius 2 is 2.03 bits per heavy atom. The number of hydrogen-bond acceptors (Lipinski definition) is 5. The van der Waals surface area contributed by atoms with E-state index < -0.39 is 6.10 Å². The number of nitrogens with zero attached hydrogens (tertiary/aromatic N) is 2. The molecular formula is C27H29ClN2O3. The normalized spacial score (nSPS) is 25.1. The molecule has 33 heavy (non-hydrogen) atoms. The van der Waals surface area contributed by atoms with Gasteiger partial charge in [-0.05, 0) is 79.8 Å². The fraction of sp³-hybridized carbons (Fsp3) is 0.407. The van der Waals surface area contributed by atoms with Crippen LogP contribution in [0.25, 0.3) is 10.9 Å². The smallest absolute Gasteiger partial charge is 0.338 e. The van der Waals surface area contributed by atoms with Gasteiger partial charge in [-0.1, -0.05) is 24.9 Å². The summed E-state index contributed by atoms with van der Waals surface area (Å²) >= 11 is 6.03. The van der Waals surface area contributed by atoms with E-state index in [1.165, 1.54) is 12.8 Å². The molecule has 6 heteroatoms. The van der Waals surface area contributed by atoms with Crippen molar-refractivity contribution in [2.75, 3.05) is 20.2 Å². The highest BCUT2D eigenvalue weighted by Crippen LogP contribution is 2.44. The van der Waals surface area contributed by atoms with Gasteiger partial charge in [0, 0.05) is 28.7 Å². The number of benzene rings is 2. The molecule has 4 heterocycles. The maximum atomic E-state index is 13.2. The summed E-state index contributed by atoms with van der Waals surface area (Å²) in [4.78, 5) is 20.3. The molecule has 0 aliphatic carbocycles. The van der Waals surface area contributed by atoms with Crippen LogP contribution in [0.1, 0.15) is 48.2 Å². The van der Waals surface area contributed by atoms with E-state index in [-0.39, 0.29) is 12.0 Å². The summed E-state index contributed by atoms with van der Waals surface area (Å²) in [5, 5.41) is 1.55. The Balaban J connectivity index is 1.55. The average molecular weight is 465 g/mol. The van der Waals surface area contributed by atoms with Crippen LogP contribution in [0.5, 0.6) is 5.75 Å². The minimum atomic E-state index is -0.397. The molecule has 0 spiro atoms. The van der Waals surface area contributed by atoms with Crippen LogP contribution in [-0.4, -0.2) is 42.1 Å². The third-order valence-electron chi connectivity index (χ3n) is 7.41. The Morgan fingerprint density at radius 3 is 2.73 bits per heavy atom. The van der Waals surface area contributed by atoms with Gasteiger partial charge in [-0.2, -0.15) is 0 Å². The zero-order chi connectivity index (χ0) is 22.9. The summed E-state index contributed by atoms with van der Waals surface area (Å²) < 4.78 is 11.8. The number of hydrogen-bond donors (Lipinski definition) is 0. The third kappa shape index (κ3) is 4.32. The van der Waals surface area contributed by atoms with Crippen molar-refractivity contribution in [2.24, 2.45) is 11.8 Å². The van der Waals surface area contributed by atoms with E-state index in [0.717, 1.165) is 47.6 Å². The van der Waals surface area contributed by atoms with Crippen molar-refractivity contribution >= 4 is 28.5 Å². The van der Waals surface area contributed by atoms with E-state index in [1.54, 1.807) is 37.6 Å². The molecule has 6 rings (SSSR count). The van der Waals surface area contributed by atoms with Crippen molar-refractivity contribution in [3.05, 3.63) is 70.9 Å². The third-order valence-corrected chi connectivity index (χ3v) is 7.66. The van der Waals surface area contributed by atoms with E-state index in [0.29, 0.717) is 16.5 Å². The maximum Gasteiger partial charge on any atom is 0.338 e. The van der Waals surface area contributed by atoms with Crippen molar-refractivity contribution < 1.29 is 14.3 Å². The molecule has 1 aromatic heterocycles. The number of methoxy groups -OCH3 is 1. The summed E-state index contributed by atoms with van der Waals surface area (Å²) in [6, 6.07) is 14.9. The lowest BCUT2D eigenvalue weighted by atomic mass is 9.72. The van der Waals surface area contributed by atoms with Crippen molar-refractivity contribution in [1.82, 2.24) is 9.88 Å². The lowest BCUT2D eigenvalue weighted by Crippen LogP contribution is -2.55. The molecule has 3 fully saturated rings. The Hall–Kier alpha value is -2.63. The number of halogens is 1. The molecule has 0 amide bonds. The van der Waals surface area contributed by atoms with Gasteiger partial charge in [0.05, 0.1) is 24.2 Å². The summed E-state index contributed by atoms with van der Waals surface area (Å²) in [6.45, 7) is 4.39. The first kappa shape index (κ1) is 22.2. The van der Waals surface area contributed by atoms with Gasteiger partial charge < -0.3 is 9.47 Å². The summed E-state index contributed by atoms with van der Waals surface area (Å²) in [7, 11) is 1.66. The van der Waals surface area contributed by atoms with Crippen LogP contribution >= 0.6 is 11.6 Å². The van der Waals surface area contributed by atoms with Gasteiger partial charge in [-0.15, -0.1) is 0 Å².